The Morgan fingerprint density at radius 2 is 1.62 bits per heavy atom. The Kier molecular flexibility index (Phi) is 7.36. The third-order valence-electron chi connectivity index (χ3n) is 6.06. The van der Waals surface area contributed by atoms with Crippen molar-refractivity contribution in [1.82, 2.24) is 15.1 Å². The summed E-state index contributed by atoms with van der Waals surface area (Å²) in [4.78, 5) is 29.9. The van der Waals surface area contributed by atoms with Crippen molar-refractivity contribution in [3.05, 3.63) is 23.8 Å². The van der Waals surface area contributed by atoms with Gasteiger partial charge in [-0.25, -0.2) is 0 Å². The molecule has 1 saturated carbocycles. The average molecular weight is 404 g/mol. The number of carbonyl (C=O) groups excluding carboxylic acids is 2. The fourth-order valence-corrected chi connectivity index (χ4v) is 4.55. The van der Waals surface area contributed by atoms with Crippen molar-refractivity contribution in [2.75, 3.05) is 46.9 Å². The standard InChI is InChI=1S/C22H33N3O4/c1-4-23-21(26)20(16-7-5-6-8-16)24-9-11-25(12-10-24)22(27)17-13-18(28-2)15-19(14-17)29-3/h13-16,20H,4-12H2,1-3H3,(H,23,26)/t20-/m1/s1. The first kappa shape index (κ1) is 21.4. The van der Waals surface area contributed by atoms with Crippen molar-refractivity contribution in [3.8, 4) is 11.5 Å². The quantitative estimate of drug-likeness (QED) is 0.755. The number of piperazine rings is 1. The van der Waals surface area contributed by atoms with Gasteiger partial charge in [-0.15, -0.1) is 0 Å². The predicted molar refractivity (Wildman–Crippen MR) is 111 cm³/mol. The lowest BCUT2D eigenvalue weighted by atomic mass is 9.95. The smallest absolute Gasteiger partial charge is 0.254 e. The van der Waals surface area contributed by atoms with Crippen LogP contribution in [0.2, 0.25) is 0 Å². The number of nitrogens with zero attached hydrogens (tertiary/aromatic N) is 2. The van der Waals surface area contributed by atoms with Crippen molar-refractivity contribution in [1.29, 1.82) is 0 Å². The SMILES string of the molecule is CCNC(=O)[C@@H](C1CCCC1)N1CCN(C(=O)c2cc(OC)cc(OC)c2)CC1. The van der Waals surface area contributed by atoms with Gasteiger partial charge < -0.3 is 19.7 Å². The lowest BCUT2D eigenvalue weighted by Crippen LogP contribution is -2.58. The van der Waals surface area contributed by atoms with Gasteiger partial charge in [-0.2, -0.15) is 0 Å². The lowest BCUT2D eigenvalue weighted by molar-refractivity contribution is -0.129. The minimum atomic E-state index is -0.0772. The van der Waals surface area contributed by atoms with Crippen LogP contribution in [-0.2, 0) is 4.79 Å². The Labute approximate surface area is 173 Å². The molecule has 1 aliphatic heterocycles. The van der Waals surface area contributed by atoms with Crippen LogP contribution in [0.1, 0.15) is 43.0 Å². The third-order valence-corrected chi connectivity index (χ3v) is 6.06. The number of methoxy groups -OCH3 is 2. The minimum Gasteiger partial charge on any atom is -0.497 e. The third kappa shape index (κ3) is 5.01. The number of amides is 2. The van der Waals surface area contributed by atoms with Crippen LogP contribution in [-0.4, -0.2) is 74.6 Å². The van der Waals surface area contributed by atoms with Crippen LogP contribution in [0.4, 0.5) is 0 Å². The summed E-state index contributed by atoms with van der Waals surface area (Å²) in [5, 5.41) is 3.02. The topological polar surface area (TPSA) is 71.1 Å². The van der Waals surface area contributed by atoms with E-state index in [9.17, 15) is 9.59 Å². The summed E-state index contributed by atoms with van der Waals surface area (Å²) in [6.07, 6.45) is 4.64. The molecule has 29 heavy (non-hydrogen) atoms. The molecule has 1 atom stereocenters. The van der Waals surface area contributed by atoms with Crippen LogP contribution in [0, 0.1) is 5.92 Å². The zero-order valence-corrected chi connectivity index (χ0v) is 17.8. The maximum Gasteiger partial charge on any atom is 0.254 e. The van der Waals surface area contributed by atoms with E-state index < -0.39 is 0 Å². The summed E-state index contributed by atoms with van der Waals surface area (Å²) in [6, 6.07) is 5.17. The molecule has 1 heterocycles. The highest BCUT2D eigenvalue weighted by molar-refractivity contribution is 5.95. The maximum absolute atomic E-state index is 13.0. The van der Waals surface area contributed by atoms with Gasteiger partial charge in [-0.3, -0.25) is 14.5 Å². The van der Waals surface area contributed by atoms with E-state index in [0.29, 0.717) is 55.7 Å². The molecule has 2 amide bonds. The largest absolute Gasteiger partial charge is 0.497 e. The molecule has 7 nitrogen and oxygen atoms in total. The second-order valence-electron chi connectivity index (χ2n) is 7.81. The highest BCUT2D eigenvalue weighted by atomic mass is 16.5. The molecule has 1 saturated heterocycles. The van der Waals surface area contributed by atoms with Crippen LogP contribution >= 0.6 is 0 Å². The van der Waals surface area contributed by atoms with E-state index in [4.69, 9.17) is 9.47 Å². The maximum atomic E-state index is 13.0. The molecule has 1 aromatic rings. The lowest BCUT2D eigenvalue weighted by Gasteiger charge is -2.40. The number of hydrogen-bond donors (Lipinski definition) is 1. The van der Waals surface area contributed by atoms with E-state index in [1.807, 2.05) is 11.8 Å². The Hall–Kier alpha value is -2.28. The van der Waals surface area contributed by atoms with Gasteiger partial charge in [0.15, 0.2) is 0 Å². The molecule has 160 valence electrons. The van der Waals surface area contributed by atoms with Crippen molar-refractivity contribution in [2.45, 2.75) is 38.6 Å². The van der Waals surface area contributed by atoms with E-state index in [2.05, 4.69) is 10.2 Å². The van der Waals surface area contributed by atoms with Crippen molar-refractivity contribution < 1.29 is 19.1 Å². The molecule has 0 spiro atoms. The number of ether oxygens (including phenoxy) is 2. The first-order valence-corrected chi connectivity index (χ1v) is 10.6. The van der Waals surface area contributed by atoms with E-state index in [0.717, 1.165) is 12.8 Å². The van der Waals surface area contributed by atoms with Crippen LogP contribution < -0.4 is 14.8 Å². The van der Waals surface area contributed by atoms with Gasteiger partial charge >= 0.3 is 0 Å². The van der Waals surface area contributed by atoms with E-state index in [1.165, 1.54) is 12.8 Å². The van der Waals surface area contributed by atoms with Crippen LogP contribution in [0.25, 0.3) is 0 Å². The van der Waals surface area contributed by atoms with Crippen molar-refractivity contribution in [2.24, 2.45) is 5.92 Å². The number of likely N-dealkylation sites (N-methyl/N-ethyl adjacent to an activating group) is 1. The zero-order valence-electron chi connectivity index (χ0n) is 17.8. The Balaban J connectivity index is 1.67. The summed E-state index contributed by atoms with van der Waals surface area (Å²) in [5.41, 5.74) is 0.561. The molecule has 2 aliphatic rings. The zero-order chi connectivity index (χ0) is 20.8. The van der Waals surface area contributed by atoms with E-state index in [-0.39, 0.29) is 17.9 Å². The molecule has 0 unspecified atom stereocenters. The molecular weight excluding hydrogens is 370 g/mol. The fraction of sp³-hybridized carbons (Fsp3) is 0.636. The summed E-state index contributed by atoms with van der Waals surface area (Å²) < 4.78 is 10.6. The molecule has 1 aromatic carbocycles. The number of rotatable bonds is 7. The first-order valence-electron chi connectivity index (χ1n) is 10.6. The molecule has 3 rings (SSSR count). The molecule has 2 fully saturated rings. The normalized spacial score (nSPS) is 19.1. The highest BCUT2D eigenvalue weighted by Crippen LogP contribution is 2.31. The Morgan fingerprint density at radius 1 is 1.03 bits per heavy atom. The van der Waals surface area contributed by atoms with Gasteiger partial charge in [0.05, 0.1) is 20.3 Å². The number of hydrogen-bond acceptors (Lipinski definition) is 5. The molecule has 0 radical (unpaired) electrons. The van der Waals surface area contributed by atoms with Gasteiger partial charge in [0.1, 0.15) is 11.5 Å². The van der Waals surface area contributed by atoms with Gasteiger partial charge in [-0.05, 0) is 37.8 Å². The minimum absolute atomic E-state index is 0.0303. The average Bonchev–Trinajstić information content (AvgIpc) is 3.28. The van der Waals surface area contributed by atoms with Gasteiger partial charge in [0, 0.05) is 44.4 Å². The van der Waals surface area contributed by atoms with E-state index in [1.54, 1.807) is 32.4 Å². The monoisotopic (exact) mass is 403 g/mol. The summed E-state index contributed by atoms with van der Waals surface area (Å²) in [6.45, 7) is 5.26. The number of benzene rings is 1. The van der Waals surface area contributed by atoms with Gasteiger partial charge in [0.25, 0.3) is 5.91 Å². The van der Waals surface area contributed by atoms with Crippen molar-refractivity contribution >= 4 is 11.8 Å². The van der Waals surface area contributed by atoms with Crippen molar-refractivity contribution in [3.63, 3.8) is 0 Å². The number of nitrogens with one attached hydrogen (secondary N) is 1. The molecule has 1 aliphatic carbocycles. The Bertz CT molecular complexity index is 688. The predicted octanol–water partition coefficient (Wildman–Crippen LogP) is 2.16. The highest BCUT2D eigenvalue weighted by Gasteiger charge is 2.37. The summed E-state index contributed by atoms with van der Waals surface area (Å²) >= 11 is 0. The van der Waals surface area contributed by atoms with Crippen LogP contribution in [0.15, 0.2) is 18.2 Å². The van der Waals surface area contributed by atoms with E-state index >= 15 is 0 Å². The molecule has 7 heteroatoms. The molecule has 1 N–H and O–H groups in total. The van der Waals surface area contributed by atoms with Crippen LogP contribution in [0.3, 0.4) is 0 Å². The molecule has 0 bridgehead atoms. The number of carbonyl (C=O) groups is 2. The Morgan fingerprint density at radius 3 is 2.14 bits per heavy atom. The van der Waals surface area contributed by atoms with Gasteiger partial charge in [0.2, 0.25) is 5.91 Å². The second kappa shape index (κ2) is 9.96. The first-order chi connectivity index (χ1) is 14.1. The van der Waals surface area contributed by atoms with Gasteiger partial charge in [-0.1, -0.05) is 12.8 Å². The molecule has 0 aromatic heterocycles. The van der Waals surface area contributed by atoms with Crippen LogP contribution in [0.5, 0.6) is 11.5 Å². The fourth-order valence-electron chi connectivity index (χ4n) is 4.55. The second-order valence-corrected chi connectivity index (χ2v) is 7.81. The summed E-state index contributed by atoms with van der Waals surface area (Å²) in [5.74, 6) is 1.73. The summed E-state index contributed by atoms with van der Waals surface area (Å²) in [7, 11) is 3.15. The molecular formula is C22H33N3O4.